The van der Waals surface area contributed by atoms with Gasteiger partial charge in [0.15, 0.2) is 0 Å². The van der Waals surface area contributed by atoms with Crippen molar-refractivity contribution >= 4 is 24.2 Å². The van der Waals surface area contributed by atoms with Gasteiger partial charge >= 0.3 is 0 Å². The second kappa shape index (κ2) is 6.21. The smallest absolute Gasteiger partial charge is 0.240 e. The standard InChI is InChI=1S/C11H19N3O2.ClH/c1-13-7-4-12-9(11(13)16)8-10(15)14-5-2-3-6-14;/h9,12H,2-8H2,1H3;1H. The third kappa shape index (κ3) is 3.33. The van der Waals surface area contributed by atoms with Gasteiger partial charge in [-0.3, -0.25) is 9.59 Å². The Morgan fingerprint density at radius 2 is 2.00 bits per heavy atom. The number of rotatable bonds is 2. The van der Waals surface area contributed by atoms with Gasteiger partial charge in [0.05, 0.1) is 12.5 Å². The van der Waals surface area contributed by atoms with Crippen molar-refractivity contribution in [2.24, 2.45) is 0 Å². The molecule has 1 N–H and O–H groups in total. The minimum atomic E-state index is -0.313. The Hall–Kier alpha value is -0.810. The first kappa shape index (κ1) is 14.3. The van der Waals surface area contributed by atoms with Gasteiger partial charge in [-0.2, -0.15) is 0 Å². The fraction of sp³-hybridized carbons (Fsp3) is 0.818. The first-order valence-electron chi connectivity index (χ1n) is 5.94. The number of nitrogens with one attached hydrogen (secondary N) is 1. The maximum Gasteiger partial charge on any atom is 0.240 e. The van der Waals surface area contributed by atoms with Crippen LogP contribution in [-0.4, -0.2) is 60.9 Å². The quantitative estimate of drug-likeness (QED) is 0.752. The number of hydrogen-bond donors (Lipinski definition) is 1. The van der Waals surface area contributed by atoms with E-state index in [4.69, 9.17) is 0 Å². The molecule has 5 nitrogen and oxygen atoms in total. The molecular formula is C11H20ClN3O2. The minimum absolute atomic E-state index is 0. The Morgan fingerprint density at radius 3 is 2.65 bits per heavy atom. The average molecular weight is 262 g/mol. The van der Waals surface area contributed by atoms with Crippen molar-refractivity contribution in [2.45, 2.75) is 25.3 Å². The van der Waals surface area contributed by atoms with E-state index >= 15 is 0 Å². The zero-order valence-electron chi connectivity index (χ0n) is 10.1. The predicted molar refractivity (Wildman–Crippen MR) is 67.1 cm³/mol. The molecular weight excluding hydrogens is 242 g/mol. The lowest BCUT2D eigenvalue weighted by molar-refractivity contribution is -0.139. The predicted octanol–water partition coefficient (Wildman–Crippen LogP) is -0.149. The molecule has 0 aliphatic carbocycles. The lowest BCUT2D eigenvalue weighted by Gasteiger charge is -2.30. The Balaban J connectivity index is 0.00000144. The number of hydrogen-bond acceptors (Lipinski definition) is 3. The minimum Gasteiger partial charge on any atom is -0.343 e. The maximum atomic E-state index is 11.9. The Kier molecular flexibility index (Phi) is 5.21. The van der Waals surface area contributed by atoms with Gasteiger partial charge in [0.2, 0.25) is 11.8 Å². The second-order valence-electron chi connectivity index (χ2n) is 4.56. The van der Waals surface area contributed by atoms with Crippen LogP contribution in [0.25, 0.3) is 0 Å². The van der Waals surface area contributed by atoms with Crippen molar-refractivity contribution in [1.82, 2.24) is 15.1 Å². The Bertz CT molecular complexity index is 292. The summed E-state index contributed by atoms with van der Waals surface area (Å²) in [5.41, 5.74) is 0. The topological polar surface area (TPSA) is 52.7 Å². The number of piperazine rings is 1. The van der Waals surface area contributed by atoms with E-state index < -0.39 is 0 Å². The highest BCUT2D eigenvalue weighted by Gasteiger charge is 2.30. The molecule has 0 aromatic rings. The lowest BCUT2D eigenvalue weighted by Crippen LogP contribution is -2.54. The maximum absolute atomic E-state index is 11.9. The summed E-state index contributed by atoms with van der Waals surface area (Å²) < 4.78 is 0. The van der Waals surface area contributed by atoms with Gasteiger partial charge in [-0.25, -0.2) is 0 Å². The van der Waals surface area contributed by atoms with Gasteiger partial charge in [-0.05, 0) is 12.8 Å². The van der Waals surface area contributed by atoms with Gasteiger partial charge in [0.25, 0.3) is 0 Å². The summed E-state index contributed by atoms with van der Waals surface area (Å²) in [6, 6.07) is -0.313. The molecule has 0 aromatic heterocycles. The van der Waals surface area contributed by atoms with Gasteiger partial charge in [-0.1, -0.05) is 0 Å². The van der Waals surface area contributed by atoms with Crippen LogP contribution in [0.3, 0.4) is 0 Å². The zero-order valence-corrected chi connectivity index (χ0v) is 11.0. The summed E-state index contributed by atoms with van der Waals surface area (Å²) in [4.78, 5) is 27.2. The Morgan fingerprint density at radius 1 is 1.35 bits per heavy atom. The number of carbonyl (C=O) groups excluding carboxylic acids is 2. The molecule has 1 atom stereocenters. The number of nitrogens with zero attached hydrogens (tertiary/aromatic N) is 2. The van der Waals surface area contributed by atoms with Crippen molar-refractivity contribution in [3.8, 4) is 0 Å². The molecule has 2 aliphatic rings. The van der Waals surface area contributed by atoms with Crippen molar-refractivity contribution in [3.05, 3.63) is 0 Å². The van der Waals surface area contributed by atoms with Crippen molar-refractivity contribution in [3.63, 3.8) is 0 Å². The third-order valence-electron chi connectivity index (χ3n) is 3.35. The number of likely N-dealkylation sites (tertiary alicyclic amines) is 1. The molecule has 2 saturated heterocycles. The molecule has 98 valence electrons. The van der Waals surface area contributed by atoms with Crippen LogP contribution < -0.4 is 5.32 Å². The molecule has 2 fully saturated rings. The van der Waals surface area contributed by atoms with E-state index in [9.17, 15) is 9.59 Å². The van der Waals surface area contributed by atoms with Crippen LogP contribution in [0.4, 0.5) is 0 Å². The lowest BCUT2D eigenvalue weighted by atomic mass is 10.1. The normalized spacial score (nSPS) is 24.8. The van der Waals surface area contributed by atoms with Crippen molar-refractivity contribution < 1.29 is 9.59 Å². The fourth-order valence-corrected chi connectivity index (χ4v) is 2.30. The third-order valence-corrected chi connectivity index (χ3v) is 3.35. The monoisotopic (exact) mass is 261 g/mol. The van der Waals surface area contributed by atoms with Crippen molar-refractivity contribution in [2.75, 3.05) is 33.2 Å². The largest absolute Gasteiger partial charge is 0.343 e. The van der Waals surface area contributed by atoms with E-state index in [1.54, 1.807) is 11.9 Å². The number of halogens is 1. The molecule has 17 heavy (non-hydrogen) atoms. The van der Waals surface area contributed by atoms with E-state index in [2.05, 4.69) is 5.32 Å². The highest BCUT2D eigenvalue weighted by atomic mass is 35.5. The molecule has 1 unspecified atom stereocenters. The SMILES string of the molecule is CN1CCNC(CC(=O)N2CCCC2)C1=O.Cl. The average Bonchev–Trinajstić information content (AvgIpc) is 2.78. The molecule has 2 amide bonds. The van der Waals surface area contributed by atoms with Crippen LogP contribution in [-0.2, 0) is 9.59 Å². The first-order valence-corrected chi connectivity index (χ1v) is 5.94. The summed E-state index contributed by atoms with van der Waals surface area (Å²) in [5.74, 6) is 0.150. The van der Waals surface area contributed by atoms with E-state index in [-0.39, 0.29) is 30.3 Å². The molecule has 6 heteroatoms. The molecule has 0 spiro atoms. The van der Waals surface area contributed by atoms with Crippen LogP contribution >= 0.6 is 12.4 Å². The highest BCUT2D eigenvalue weighted by Crippen LogP contribution is 2.11. The molecule has 2 rings (SSSR count). The molecule has 2 aliphatic heterocycles. The van der Waals surface area contributed by atoms with Crippen LogP contribution in [0, 0.1) is 0 Å². The fourth-order valence-electron chi connectivity index (χ4n) is 2.30. The van der Waals surface area contributed by atoms with Gasteiger partial charge in [0, 0.05) is 33.2 Å². The number of amides is 2. The Labute approximate surface area is 108 Å². The molecule has 0 aromatic carbocycles. The van der Waals surface area contributed by atoms with E-state index in [0.717, 1.165) is 39.0 Å². The van der Waals surface area contributed by atoms with Gasteiger partial charge in [-0.15, -0.1) is 12.4 Å². The van der Waals surface area contributed by atoms with Crippen LogP contribution in [0.5, 0.6) is 0 Å². The van der Waals surface area contributed by atoms with Gasteiger partial charge < -0.3 is 15.1 Å². The van der Waals surface area contributed by atoms with E-state index in [0.29, 0.717) is 6.42 Å². The summed E-state index contributed by atoms with van der Waals surface area (Å²) in [5, 5.41) is 3.11. The number of carbonyl (C=O) groups is 2. The molecule has 0 saturated carbocycles. The summed E-state index contributed by atoms with van der Waals surface area (Å²) >= 11 is 0. The molecule has 0 bridgehead atoms. The van der Waals surface area contributed by atoms with E-state index in [1.165, 1.54) is 0 Å². The zero-order chi connectivity index (χ0) is 11.5. The van der Waals surface area contributed by atoms with Gasteiger partial charge in [0.1, 0.15) is 0 Å². The molecule has 0 radical (unpaired) electrons. The van der Waals surface area contributed by atoms with Crippen LogP contribution in [0.2, 0.25) is 0 Å². The highest BCUT2D eigenvalue weighted by molar-refractivity contribution is 5.88. The first-order chi connectivity index (χ1) is 7.68. The second-order valence-corrected chi connectivity index (χ2v) is 4.56. The van der Waals surface area contributed by atoms with E-state index in [1.807, 2.05) is 4.90 Å². The summed E-state index contributed by atoms with van der Waals surface area (Å²) in [7, 11) is 1.79. The number of likely N-dealkylation sites (N-methyl/N-ethyl adjacent to an activating group) is 1. The molecule has 2 heterocycles. The summed E-state index contributed by atoms with van der Waals surface area (Å²) in [6.45, 7) is 3.22. The summed E-state index contributed by atoms with van der Waals surface area (Å²) in [6.07, 6.45) is 2.50. The van der Waals surface area contributed by atoms with Crippen LogP contribution in [0.15, 0.2) is 0 Å². The van der Waals surface area contributed by atoms with Crippen LogP contribution in [0.1, 0.15) is 19.3 Å². The van der Waals surface area contributed by atoms with Crippen molar-refractivity contribution in [1.29, 1.82) is 0 Å².